The summed E-state index contributed by atoms with van der Waals surface area (Å²) >= 11 is 3.18. The molecule has 2 rings (SSSR count). The highest BCUT2D eigenvalue weighted by Gasteiger charge is 1.97. The molecule has 0 amide bonds. The second kappa shape index (κ2) is 9.29. The lowest BCUT2D eigenvalue weighted by atomic mass is 10.5. The lowest BCUT2D eigenvalue weighted by Crippen LogP contribution is -2.03. The van der Waals surface area contributed by atoms with Gasteiger partial charge in [0.1, 0.15) is 0 Å². The Balaban J connectivity index is 0.000000204. The highest BCUT2D eigenvalue weighted by Crippen LogP contribution is 2.14. The molecule has 0 radical (unpaired) electrons. The number of aromatic nitrogens is 2. The zero-order chi connectivity index (χ0) is 14.8. The molecule has 0 aliphatic heterocycles. The lowest BCUT2D eigenvalue weighted by molar-refractivity contribution is 0.847. The molecule has 0 fully saturated rings. The summed E-state index contributed by atoms with van der Waals surface area (Å²) in [4.78, 5) is 8.39. The molecule has 2 aromatic rings. The van der Waals surface area contributed by atoms with E-state index in [0.29, 0.717) is 6.54 Å². The molecular weight excluding hydrogens is 292 g/mol. The van der Waals surface area contributed by atoms with Crippen LogP contribution in [0.1, 0.15) is 11.4 Å². The van der Waals surface area contributed by atoms with E-state index in [-0.39, 0.29) is 0 Å². The van der Waals surface area contributed by atoms with Crippen molar-refractivity contribution in [3.8, 4) is 0 Å². The molecule has 0 aromatic carbocycles. The van der Waals surface area contributed by atoms with Gasteiger partial charge in [-0.05, 0) is 6.20 Å². The van der Waals surface area contributed by atoms with Gasteiger partial charge >= 0.3 is 0 Å². The summed E-state index contributed by atoms with van der Waals surface area (Å²) in [6.45, 7) is 4.83. The molecule has 110 valence electrons. The molecule has 0 saturated carbocycles. The number of anilines is 2. The van der Waals surface area contributed by atoms with Gasteiger partial charge in [0.2, 0.25) is 0 Å². The third kappa shape index (κ3) is 5.55. The van der Waals surface area contributed by atoms with Crippen molar-refractivity contribution in [2.45, 2.75) is 13.1 Å². The number of nitrogens with one attached hydrogen (secondary N) is 3. The van der Waals surface area contributed by atoms with Gasteiger partial charge in [-0.3, -0.25) is 0 Å². The van der Waals surface area contributed by atoms with Crippen molar-refractivity contribution in [2.75, 3.05) is 24.7 Å². The van der Waals surface area contributed by atoms with Gasteiger partial charge in [-0.25, -0.2) is 9.97 Å². The maximum atomic E-state index is 5.33. The fourth-order valence-corrected chi connectivity index (χ4v) is 2.55. The van der Waals surface area contributed by atoms with Gasteiger partial charge < -0.3 is 21.7 Å². The summed E-state index contributed by atoms with van der Waals surface area (Å²) < 4.78 is 0. The Morgan fingerprint density at radius 2 is 1.70 bits per heavy atom. The third-order valence-corrected chi connectivity index (χ3v) is 3.99. The standard InChI is InChI=1S/C7H11N3S.C5H9N3S/c1-3-9-4-6-5-11-7(8-2)10-6;1-7-5-8-4(2-6)3-9-5/h3,5,9H,1,4H2,2H3,(H,8,10);3H,2,6H2,1H3,(H,7,8). The van der Waals surface area contributed by atoms with Gasteiger partial charge in [0, 0.05) is 31.4 Å². The van der Waals surface area contributed by atoms with Gasteiger partial charge in [0.05, 0.1) is 17.9 Å². The van der Waals surface area contributed by atoms with Crippen LogP contribution in [0.15, 0.2) is 23.5 Å². The molecule has 5 N–H and O–H groups in total. The van der Waals surface area contributed by atoms with Gasteiger partial charge in [0.25, 0.3) is 0 Å². The monoisotopic (exact) mass is 312 g/mol. The van der Waals surface area contributed by atoms with Crippen LogP contribution in [0.5, 0.6) is 0 Å². The van der Waals surface area contributed by atoms with Crippen LogP contribution in [0.4, 0.5) is 10.3 Å². The first-order chi connectivity index (χ1) is 9.73. The smallest absolute Gasteiger partial charge is 0.182 e. The molecule has 0 saturated heterocycles. The van der Waals surface area contributed by atoms with Crippen molar-refractivity contribution in [3.05, 3.63) is 34.9 Å². The van der Waals surface area contributed by atoms with E-state index in [4.69, 9.17) is 5.73 Å². The summed E-state index contributed by atoms with van der Waals surface area (Å²) in [6, 6.07) is 0. The van der Waals surface area contributed by atoms with Crippen LogP contribution in [0.2, 0.25) is 0 Å². The fourth-order valence-electron chi connectivity index (χ4n) is 1.20. The van der Waals surface area contributed by atoms with E-state index >= 15 is 0 Å². The van der Waals surface area contributed by atoms with E-state index in [1.54, 1.807) is 28.9 Å². The van der Waals surface area contributed by atoms with Crippen LogP contribution >= 0.6 is 22.7 Å². The summed E-state index contributed by atoms with van der Waals surface area (Å²) in [5, 5.41) is 14.7. The van der Waals surface area contributed by atoms with Crippen LogP contribution in [0.25, 0.3) is 0 Å². The van der Waals surface area contributed by atoms with E-state index < -0.39 is 0 Å². The fraction of sp³-hybridized carbons (Fsp3) is 0.333. The second-order valence-electron chi connectivity index (χ2n) is 3.58. The summed E-state index contributed by atoms with van der Waals surface area (Å²) in [7, 11) is 3.71. The molecule has 20 heavy (non-hydrogen) atoms. The van der Waals surface area contributed by atoms with E-state index in [0.717, 1.165) is 28.2 Å². The minimum atomic E-state index is 0.526. The highest BCUT2D eigenvalue weighted by atomic mass is 32.1. The largest absolute Gasteiger partial charge is 0.386 e. The Hall–Kier alpha value is -1.64. The van der Waals surface area contributed by atoms with E-state index in [1.807, 2.05) is 24.9 Å². The van der Waals surface area contributed by atoms with E-state index in [1.165, 1.54) is 0 Å². The Bertz CT molecular complexity index is 489. The van der Waals surface area contributed by atoms with Gasteiger partial charge in [-0.1, -0.05) is 6.58 Å². The molecule has 0 spiro atoms. The maximum absolute atomic E-state index is 5.33. The molecular formula is C12H20N6S2. The Morgan fingerprint density at radius 1 is 1.15 bits per heavy atom. The average molecular weight is 312 g/mol. The van der Waals surface area contributed by atoms with Crippen LogP contribution in [-0.4, -0.2) is 24.1 Å². The van der Waals surface area contributed by atoms with Crippen LogP contribution < -0.4 is 21.7 Å². The van der Waals surface area contributed by atoms with Crippen LogP contribution in [0, 0.1) is 0 Å². The molecule has 2 aromatic heterocycles. The molecule has 0 unspecified atom stereocenters. The topological polar surface area (TPSA) is 87.9 Å². The predicted octanol–water partition coefficient (Wildman–Crippen LogP) is 2.06. The van der Waals surface area contributed by atoms with Crippen molar-refractivity contribution in [1.29, 1.82) is 0 Å². The lowest BCUT2D eigenvalue weighted by Gasteiger charge is -1.93. The Morgan fingerprint density at radius 3 is 2.10 bits per heavy atom. The van der Waals surface area contributed by atoms with Gasteiger partial charge in [-0.15, -0.1) is 22.7 Å². The van der Waals surface area contributed by atoms with Gasteiger partial charge in [0.15, 0.2) is 10.3 Å². The molecule has 8 heteroatoms. The first-order valence-electron chi connectivity index (χ1n) is 6.02. The number of rotatable bonds is 6. The first kappa shape index (κ1) is 16.4. The number of nitrogens with two attached hydrogens (primary N) is 1. The predicted molar refractivity (Wildman–Crippen MR) is 88.2 cm³/mol. The number of thiazole rings is 2. The second-order valence-corrected chi connectivity index (χ2v) is 5.29. The minimum Gasteiger partial charge on any atom is -0.386 e. The zero-order valence-corrected chi connectivity index (χ0v) is 13.3. The number of hydrogen-bond acceptors (Lipinski definition) is 8. The van der Waals surface area contributed by atoms with E-state index in [2.05, 4.69) is 32.5 Å². The highest BCUT2D eigenvalue weighted by molar-refractivity contribution is 7.14. The van der Waals surface area contributed by atoms with Crippen molar-refractivity contribution in [2.24, 2.45) is 5.73 Å². The SMILES string of the molecule is C=CNCc1csc(NC)n1.CNc1nc(CN)cs1. The minimum absolute atomic E-state index is 0.526. The molecule has 0 aliphatic rings. The van der Waals surface area contributed by atoms with Crippen molar-refractivity contribution >= 4 is 32.9 Å². The summed E-state index contributed by atoms with van der Waals surface area (Å²) in [5.41, 5.74) is 7.32. The Kier molecular flexibility index (Phi) is 7.63. The van der Waals surface area contributed by atoms with Crippen LogP contribution in [-0.2, 0) is 13.1 Å². The molecule has 0 bridgehead atoms. The molecule has 0 atom stereocenters. The summed E-state index contributed by atoms with van der Waals surface area (Å²) in [6.07, 6.45) is 1.67. The number of hydrogen-bond donors (Lipinski definition) is 4. The molecule has 0 aliphatic carbocycles. The number of nitrogens with zero attached hydrogens (tertiary/aromatic N) is 2. The van der Waals surface area contributed by atoms with Crippen molar-refractivity contribution in [3.63, 3.8) is 0 Å². The zero-order valence-electron chi connectivity index (χ0n) is 11.6. The van der Waals surface area contributed by atoms with Crippen LogP contribution in [0.3, 0.4) is 0 Å². The average Bonchev–Trinajstić information content (AvgIpc) is 3.14. The molecule has 6 nitrogen and oxygen atoms in total. The first-order valence-corrected chi connectivity index (χ1v) is 7.78. The van der Waals surface area contributed by atoms with Crippen molar-refractivity contribution < 1.29 is 0 Å². The quantitative estimate of drug-likeness (QED) is 0.653. The summed E-state index contributed by atoms with van der Waals surface area (Å²) in [5.74, 6) is 0. The Labute approximate surface area is 127 Å². The molecule has 2 heterocycles. The maximum Gasteiger partial charge on any atom is 0.182 e. The third-order valence-electron chi connectivity index (χ3n) is 2.17. The normalized spacial score (nSPS) is 9.35. The van der Waals surface area contributed by atoms with Gasteiger partial charge in [-0.2, -0.15) is 0 Å². The van der Waals surface area contributed by atoms with E-state index in [9.17, 15) is 0 Å². The van der Waals surface area contributed by atoms with Crippen molar-refractivity contribution in [1.82, 2.24) is 15.3 Å².